The molecular weight excluding hydrogens is 222 g/mol. The Morgan fingerprint density at radius 3 is 1.69 bits per heavy atom. The van der Waals surface area contributed by atoms with Crippen molar-refractivity contribution in [3.05, 3.63) is 0 Å². The second-order valence-corrected chi connectivity index (χ2v) is 3.51. The van der Waals surface area contributed by atoms with Gasteiger partial charge in [0.05, 0.1) is 0 Å². The summed E-state index contributed by atoms with van der Waals surface area (Å²) < 4.78 is 4.83. The first-order valence-corrected chi connectivity index (χ1v) is 4.10. The van der Waals surface area contributed by atoms with Crippen LogP contribution in [0, 0.1) is 0 Å². The highest BCUT2D eigenvalue weighted by Crippen LogP contribution is 2.06. The molecule has 0 saturated heterocycles. The first kappa shape index (κ1) is 16.7. The Balaban J connectivity index is 0. The zero-order valence-electron chi connectivity index (χ0n) is 9.22. The zero-order valence-corrected chi connectivity index (χ0v) is 9.22. The number of aliphatic carboxylic acids is 2. The topological polar surface area (TPSA) is 136 Å². The molecular formula is C8H15NO7. The summed E-state index contributed by atoms with van der Waals surface area (Å²) in [6, 6.07) is 0. The molecule has 0 rings (SSSR count). The number of nitrogens with two attached hydrogens (primary N) is 1. The van der Waals surface area contributed by atoms with Crippen LogP contribution in [0.25, 0.3) is 0 Å². The van der Waals surface area contributed by atoms with Gasteiger partial charge in [-0.3, -0.25) is 4.84 Å². The Morgan fingerprint density at radius 1 is 1.12 bits per heavy atom. The summed E-state index contributed by atoms with van der Waals surface area (Å²) >= 11 is 0. The fourth-order valence-electron chi connectivity index (χ4n) is 0.439. The summed E-state index contributed by atoms with van der Waals surface area (Å²) in [4.78, 5) is 32.9. The van der Waals surface area contributed by atoms with E-state index in [9.17, 15) is 4.79 Å². The normalized spacial score (nSPS) is 9.75. The van der Waals surface area contributed by atoms with E-state index in [2.05, 4.69) is 10.7 Å². The summed E-state index contributed by atoms with van der Waals surface area (Å²) in [6.45, 7) is 5.14. The third-order valence-corrected chi connectivity index (χ3v) is 0.804. The van der Waals surface area contributed by atoms with Crippen molar-refractivity contribution in [1.29, 1.82) is 0 Å². The minimum Gasteiger partial charge on any atom is -0.473 e. The van der Waals surface area contributed by atoms with Crippen molar-refractivity contribution >= 4 is 17.9 Å². The molecule has 0 amide bonds. The van der Waals surface area contributed by atoms with Gasteiger partial charge in [0.2, 0.25) is 0 Å². The third-order valence-electron chi connectivity index (χ3n) is 0.804. The second kappa shape index (κ2) is 7.60. The minimum absolute atomic E-state index is 0.197. The maximum absolute atomic E-state index is 10.6. The number of hydrogen-bond acceptors (Lipinski definition) is 6. The van der Waals surface area contributed by atoms with Crippen LogP contribution in [0.2, 0.25) is 0 Å². The first-order chi connectivity index (χ1) is 7.10. The van der Waals surface area contributed by atoms with Crippen LogP contribution in [0.4, 0.5) is 0 Å². The van der Waals surface area contributed by atoms with Gasteiger partial charge in [-0.1, -0.05) is 0 Å². The van der Waals surface area contributed by atoms with Crippen LogP contribution in [0.15, 0.2) is 0 Å². The quantitative estimate of drug-likeness (QED) is 0.328. The highest BCUT2D eigenvalue weighted by Gasteiger charge is 2.15. The van der Waals surface area contributed by atoms with E-state index in [0.29, 0.717) is 0 Å². The monoisotopic (exact) mass is 237 g/mol. The Bertz CT molecular complexity index is 244. The number of hydrogen-bond donors (Lipinski definition) is 3. The van der Waals surface area contributed by atoms with Crippen LogP contribution < -0.4 is 5.90 Å². The molecule has 0 unspecified atom stereocenters. The molecule has 0 heterocycles. The summed E-state index contributed by atoms with van der Waals surface area (Å²) in [5.41, 5.74) is -0.463. The summed E-state index contributed by atoms with van der Waals surface area (Å²) in [5.74, 6) is 0.550. The molecule has 0 saturated carbocycles. The fraction of sp³-hybridized carbons (Fsp3) is 0.625. The van der Waals surface area contributed by atoms with E-state index in [-0.39, 0.29) is 6.61 Å². The molecule has 0 aliphatic rings. The molecule has 0 aromatic carbocycles. The van der Waals surface area contributed by atoms with Gasteiger partial charge in [-0.15, -0.1) is 0 Å². The molecule has 0 radical (unpaired) electrons. The number of carbonyl (C=O) groups excluding carboxylic acids is 1. The van der Waals surface area contributed by atoms with E-state index >= 15 is 0 Å². The van der Waals surface area contributed by atoms with Crippen LogP contribution in [0.3, 0.4) is 0 Å². The van der Waals surface area contributed by atoms with Gasteiger partial charge in [-0.2, -0.15) is 0 Å². The smallest absolute Gasteiger partial charge is 0.414 e. The zero-order chi connectivity index (χ0) is 13.4. The molecule has 0 aliphatic carbocycles. The third kappa shape index (κ3) is 14.8. The molecule has 0 atom stereocenters. The summed E-state index contributed by atoms with van der Waals surface area (Å²) in [5, 5.41) is 14.8. The van der Waals surface area contributed by atoms with E-state index in [1.54, 1.807) is 20.8 Å². The van der Waals surface area contributed by atoms with Gasteiger partial charge in [-0.25, -0.2) is 20.3 Å². The van der Waals surface area contributed by atoms with Gasteiger partial charge in [0.15, 0.2) is 6.61 Å². The van der Waals surface area contributed by atoms with Crippen molar-refractivity contribution < 1.29 is 34.2 Å². The van der Waals surface area contributed by atoms with Gasteiger partial charge in [0.25, 0.3) is 0 Å². The van der Waals surface area contributed by atoms with Gasteiger partial charge in [0.1, 0.15) is 5.60 Å². The Hall–Kier alpha value is -1.67. The summed E-state index contributed by atoms with van der Waals surface area (Å²) in [7, 11) is 0. The molecule has 0 aliphatic heterocycles. The SMILES string of the molecule is CC(C)(C)OC(=O)CON.O=C(O)C(=O)O. The van der Waals surface area contributed by atoms with Gasteiger partial charge >= 0.3 is 17.9 Å². The Morgan fingerprint density at radius 2 is 1.50 bits per heavy atom. The van der Waals surface area contributed by atoms with Crippen LogP contribution in [0.1, 0.15) is 20.8 Å². The van der Waals surface area contributed by atoms with E-state index < -0.39 is 23.5 Å². The average molecular weight is 237 g/mol. The predicted molar refractivity (Wildman–Crippen MR) is 51.3 cm³/mol. The predicted octanol–water partition coefficient (Wildman–Crippen LogP) is -0.626. The number of rotatable bonds is 2. The average Bonchev–Trinajstić information content (AvgIpc) is 2.01. The molecule has 0 spiro atoms. The highest BCUT2D eigenvalue weighted by atomic mass is 16.6. The highest BCUT2D eigenvalue weighted by molar-refractivity contribution is 6.27. The molecule has 0 aromatic heterocycles. The lowest BCUT2D eigenvalue weighted by Crippen LogP contribution is -2.27. The number of carbonyl (C=O) groups is 3. The molecule has 94 valence electrons. The summed E-state index contributed by atoms with van der Waals surface area (Å²) in [6.07, 6.45) is 0. The second-order valence-electron chi connectivity index (χ2n) is 3.51. The van der Waals surface area contributed by atoms with Crippen LogP contribution in [-0.4, -0.2) is 40.3 Å². The Kier molecular flexibility index (Phi) is 7.96. The van der Waals surface area contributed by atoms with E-state index in [0.717, 1.165) is 0 Å². The van der Waals surface area contributed by atoms with Crippen LogP contribution in [-0.2, 0) is 24.0 Å². The van der Waals surface area contributed by atoms with Crippen molar-refractivity contribution in [1.82, 2.24) is 0 Å². The number of carboxylic acid groups (broad SMARTS) is 2. The van der Waals surface area contributed by atoms with E-state index in [1.807, 2.05) is 0 Å². The number of carboxylic acids is 2. The van der Waals surface area contributed by atoms with E-state index in [4.69, 9.17) is 24.5 Å². The number of esters is 1. The molecule has 0 bridgehead atoms. The van der Waals surface area contributed by atoms with Crippen molar-refractivity contribution in [2.45, 2.75) is 26.4 Å². The van der Waals surface area contributed by atoms with Crippen molar-refractivity contribution in [3.8, 4) is 0 Å². The van der Waals surface area contributed by atoms with Crippen molar-refractivity contribution in [2.75, 3.05) is 6.61 Å². The fourth-order valence-corrected chi connectivity index (χ4v) is 0.439. The molecule has 0 fully saturated rings. The van der Waals surface area contributed by atoms with Crippen molar-refractivity contribution in [2.24, 2.45) is 5.90 Å². The largest absolute Gasteiger partial charge is 0.473 e. The number of ether oxygens (including phenoxy) is 1. The Labute approximate surface area is 91.9 Å². The first-order valence-electron chi connectivity index (χ1n) is 4.10. The lowest BCUT2D eigenvalue weighted by atomic mass is 10.2. The molecule has 4 N–H and O–H groups in total. The van der Waals surface area contributed by atoms with Crippen LogP contribution in [0.5, 0.6) is 0 Å². The van der Waals surface area contributed by atoms with Crippen molar-refractivity contribution in [3.63, 3.8) is 0 Å². The van der Waals surface area contributed by atoms with Gasteiger partial charge in [0, 0.05) is 0 Å². The maximum atomic E-state index is 10.6. The molecule has 8 nitrogen and oxygen atoms in total. The molecule has 0 aromatic rings. The minimum atomic E-state index is -1.82. The van der Waals surface area contributed by atoms with E-state index in [1.165, 1.54) is 0 Å². The lowest BCUT2D eigenvalue weighted by molar-refractivity contribution is -0.160. The molecule has 8 heteroatoms. The maximum Gasteiger partial charge on any atom is 0.414 e. The van der Waals surface area contributed by atoms with Gasteiger partial charge < -0.3 is 14.9 Å². The molecule has 16 heavy (non-hydrogen) atoms. The van der Waals surface area contributed by atoms with Crippen LogP contribution >= 0.6 is 0 Å². The van der Waals surface area contributed by atoms with Gasteiger partial charge in [-0.05, 0) is 20.8 Å². The lowest BCUT2D eigenvalue weighted by Gasteiger charge is -2.18. The standard InChI is InChI=1S/C6H13NO3.C2H2O4/c1-6(2,3)10-5(8)4-9-7;3-1(4)2(5)6/h4,7H2,1-3H3;(H,3,4)(H,5,6).